The molecule has 22 heavy (non-hydrogen) atoms. The summed E-state index contributed by atoms with van der Waals surface area (Å²) in [5.41, 5.74) is 1.50. The second-order valence-electron chi connectivity index (χ2n) is 5.07. The first-order valence-corrected chi connectivity index (χ1v) is 6.67. The minimum absolute atomic E-state index is 0.237. The Kier molecular flexibility index (Phi) is 3.28. The van der Waals surface area contributed by atoms with E-state index in [0.717, 1.165) is 23.0 Å². The fraction of sp³-hybridized carbons (Fsp3) is 0.118. The number of halogens is 3. The first-order chi connectivity index (χ1) is 10.4. The number of nitrogens with one attached hydrogen (secondary N) is 1. The van der Waals surface area contributed by atoms with E-state index in [-0.39, 0.29) is 11.3 Å². The summed E-state index contributed by atoms with van der Waals surface area (Å²) in [6.07, 6.45) is -4.40. The van der Waals surface area contributed by atoms with Crippen LogP contribution < -0.4 is 0 Å². The molecule has 0 saturated heterocycles. The van der Waals surface area contributed by atoms with E-state index in [1.165, 1.54) is 12.1 Å². The maximum absolute atomic E-state index is 12.6. The molecule has 0 aliphatic carbocycles. The number of ketones is 1. The molecule has 0 unspecified atom stereocenters. The number of aromatic nitrogens is 1. The van der Waals surface area contributed by atoms with Crippen LogP contribution in [-0.4, -0.2) is 10.8 Å². The Morgan fingerprint density at radius 1 is 1.00 bits per heavy atom. The Morgan fingerprint density at radius 3 is 2.27 bits per heavy atom. The third-order valence-electron chi connectivity index (χ3n) is 3.60. The molecular weight excluding hydrogens is 291 g/mol. The molecule has 0 atom stereocenters. The second kappa shape index (κ2) is 5.02. The van der Waals surface area contributed by atoms with Crippen molar-refractivity contribution in [1.82, 2.24) is 4.98 Å². The number of benzene rings is 2. The van der Waals surface area contributed by atoms with Crippen molar-refractivity contribution in [3.8, 4) is 0 Å². The molecule has 1 N–H and O–H groups in total. The minimum Gasteiger partial charge on any atom is -0.358 e. The molecule has 0 aliphatic rings. The van der Waals surface area contributed by atoms with E-state index < -0.39 is 11.7 Å². The molecule has 0 radical (unpaired) electrons. The maximum atomic E-state index is 12.6. The SMILES string of the molecule is Cc1[nH]c2ccccc2c1C(=O)c1ccc(C(F)(F)F)cc1. The number of para-hydroxylation sites is 1. The second-order valence-corrected chi connectivity index (χ2v) is 5.07. The molecule has 1 aromatic heterocycles. The van der Waals surface area contributed by atoms with E-state index in [0.29, 0.717) is 11.3 Å². The zero-order chi connectivity index (χ0) is 15.9. The lowest BCUT2D eigenvalue weighted by molar-refractivity contribution is -0.137. The molecule has 3 aromatic rings. The lowest BCUT2D eigenvalue weighted by atomic mass is 9.99. The fourth-order valence-electron chi connectivity index (χ4n) is 2.52. The molecule has 1 heterocycles. The summed E-state index contributed by atoms with van der Waals surface area (Å²) in [7, 11) is 0. The number of carbonyl (C=O) groups excluding carboxylic acids is 1. The molecule has 0 bridgehead atoms. The summed E-state index contributed by atoms with van der Waals surface area (Å²) < 4.78 is 37.7. The smallest absolute Gasteiger partial charge is 0.358 e. The van der Waals surface area contributed by atoms with Crippen LogP contribution in [0.3, 0.4) is 0 Å². The number of aryl methyl sites for hydroxylation is 1. The van der Waals surface area contributed by atoms with Gasteiger partial charge in [0.1, 0.15) is 0 Å². The quantitative estimate of drug-likeness (QED) is 0.682. The van der Waals surface area contributed by atoms with Crippen LogP contribution in [0, 0.1) is 6.92 Å². The van der Waals surface area contributed by atoms with Crippen LogP contribution in [-0.2, 0) is 6.18 Å². The number of aromatic amines is 1. The Bertz CT molecular complexity index is 844. The molecule has 0 fully saturated rings. The van der Waals surface area contributed by atoms with Gasteiger partial charge in [0.2, 0.25) is 0 Å². The third kappa shape index (κ3) is 2.39. The van der Waals surface area contributed by atoms with Gasteiger partial charge in [-0.05, 0) is 25.1 Å². The predicted molar refractivity (Wildman–Crippen MR) is 77.9 cm³/mol. The van der Waals surface area contributed by atoms with E-state index in [1.54, 1.807) is 6.92 Å². The van der Waals surface area contributed by atoms with Crippen LogP contribution in [0.5, 0.6) is 0 Å². The maximum Gasteiger partial charge on any atom is 0.416 e. The van der Waals surface area contributed by atoms with Gasteiger partial charge in [-0.15, -0.1) is 0 Å². The number of rotatable bonds is 2. The van der Waals surface area contributed by atoms with Gasteiger partial charge in [0.15, 0.2) is 5.78 Å². The van der Waals surface area contributed by atoms with Crippen molar-refractivity contribution in [2.45, 2.75) is 13.1 Å². The zero-order valence-corrected chi connectivity index (χ0v) is 11.7. The van der Waals surface area contributed by atoms with Gasteiger partial charge in [0.05, 0.1) is 11.1 Å². The van der Waals surface area contributed by atoms with Crippen molar-refractivity contribution in [1.29, 1.82) is 0 Å². The molecule has 0 spiro atoms. The number of carbonyl (C=O) groups is 1. The highest BCUT2D eigenvalue weighted by Gasteiger charge is 2.30. The normalized spacial score (nSPS) is 11.8. The molecule has 3 rings (SSSR count). The monoisotopic (exact) mass is 303 g/mol. The topological polar surface area (TPSA) is 32.9 Å². The van der Waals surface area contributed by atoms with Gasteiger partial charge in [-0.25, -0.2) is 0 Å². The van der Waals surface area contributed by atoms with Crippen LogP contribution in [0.25, 0.3) is 10.9 Å². The Labute approximate surface area is 124 Å². The predicted octanol–water partition coefficient (Wildman–Crippen LogP) is 4.73. The number of alkyl halides is 3. The molecule has 5 heteroatoms. The van der Waals surface area contributed by atoms with Crippen molar-refractivity contribution >= 4 is 16.7 Å². The van der Waals surface area contributed by atoms with Crippen molar-refractivity contribution in [2.24, 2.45) is 0 Å². The summed E-state index contributed by atoms with van der Waals surface area (Å²) in [5.74, 6) is -0.288. The summed E-state index contributed by atoms with van der Waals surface area (Å²) >= 11 is 0. The van der Waals surface area contributed by atoms with Crippen LogP contribution in [0.1, 0.15) is 27.2 Å². The summed E-state index contributed by atoms with van der Waals surface area (Å²) in [5, 5.41) is 0.768. The van der Waals surface area contributed by atoms with E-state index >= 15 is 0 Å². The molecular formula is C17H12F3NO. The first kappa shape index (κ1) is 14.4. The van der Waals surface area contributed by atoms with Gasteiger partial charge >= 0.3 is 6.18 Å². The van der Waals surface area contributed by atoms with E-state index in [1.807, 2.05) is 24.3 Å². The number of hydrogen-bond acceptors (Lipinski definition) is 1. The number of H-pyrrole nitrogens is 1. The summed E-state index contributed by atoms with van der Waals surface area (Å²) in [6.45, 7) is 1.78. The minimum atomic E-state index is -4.40. The molecule has 0 amide bonds. The molecule has 2 nitrogen and oxygen atoms in total. The van der Waals surface area contributed by atoms with Crippen LogP contribution >= 0.6 is 0 Å². The van der Waals surface area contributed by atoms with Gasteiger partial charge < -0.3 is 4.98 Å². The lowest BCUT2D eigenvalue weighted by Gasteiger charge is -2.07. The average molecular weight is 303 g/mol. The first-order valence-electron chi connectivity index (χ1n) is 6.67. The van der Waals surface area contributed by atoms with Gasteiger partial charge in [0, 0.05) is 22.2 Å². The van der Waals surface area contributed by atoms with Crippen molar-refractivity contribution < 1.29 is 18.0 Å². The van der Waals surface area contributed by atoms with Gasteiger partial charge in [-0.1, -0.05) is 30.3 Å². The van der Waals surface area contributed by atoms with Crippen molar-refractivity contribution in [3.05, 3.63) is 70.9 Å². The summed E-state index contributed by atoms with van der Waals surface area (Å²) in [4.78, 5) is 15.7. The summed E-state index contributed by atoms with van der Waals surface area (Å²) in [6, 6.07) is 11.6. The highest BCUT2D eigenvalue weighted by molar-refractivity contribution is 6.17. The van der Waals surface area contributed by atoms with Crippen LogP contribution in [0.15, 0.2) is 48.5 Å². The van der Waals surface area contributed by atoms with Crippen LogP contribution in [0.2, 0.25) is 0 Å². The highest BCUT2D eigenvalue weighted by Crippen LogP contribution is 2.30. The number of hydrogen-bond donors (Lipinski definition) is 1. The highest BCUT2D eigenvalue weighted by atomic mass is 19.4. The molecule has 2 aromatic carbocycles. The third-order valence-corrected chi connectivity index (χ3v) is 3.60. The van der Waals surface area contributed by atoms with Crippen LogP contribution in [0.4, 0.5) is 13.2 Å². The van der Waals surface area contributed by atoms with E-state index in [2.05, 4.69) is 4.98 Å². The van der Waals surface area contributed by atoms with E-state index in [9.17, 15) is 18.0 Å². The largest absolute Gasteiger partial charge is 0.416 e. The molecule has 0 saturated carbocycles. The van der Waals surface area contributed by atoms with Gasteiger partial charge in [0.25, 0.3) is 0 Å². The van der Waals surface area contributed by atoms with E-state index in [4.69, 9.17) is 0 Å². The Balaban J connectivity index is 2.05. The average Bonchev–Trinajstić information content (AvgIpc) is 2.81. The van der Waals surface area contributed by atoms with Gasteiger partial charge in [-0.2, -0.15) is 13.2 Å². The van der Waals surface area contributed by atoms with Crippen molar-refractivity contribution in [3.63, 3.8) is 0 Å². The number of fused-ring (bicyclic) bond motifs is 1. The Hall–Kier alpha value is -2.56. The lowest BCUT2D eigenvalue weighted by Crippen LogP contribution is -2.07. The zero-order valence-electron chi connectivity index (χ0n) is 11.7. The molecule has 112 valence electrons. The standard InChI is InChI=1S/C17H12F3NO/c1-10-15(13-4-2-3-5-14(13)21-10)16(22)11-6-8-12(9-7-11)17(18,19)20/h2-9,21H,1H3. The Morgan fingerprint density at radius 2 is 1.64 bits per heavy atom. The van der Waals surface area contributed by atoms with Gasteiger partial charge in [-0.3, -0.25) is 4.79 Å². The molecule has 0 aliphatic heterocycles. The van der Waals surface area contributed by atoms with Crippen molar-refractivity contribution in [2.75, 3.05) is 0 Å². The fourth-order valence-corrected chi connectivity index (χ4v) is 2.52.